The van der Waals surface area contributed by atoms with E-state index in [1.54, 1.807) is 30.5 Å². The zero-order valence-electron chi connectivity index (χ0n) is 14.3. The van der Waals surface area contributed by atoms with E-state index in [1.807, 2.05) is 0 Å². The SMILES string of the molecule is CCOC(=O)C1CCN(C(=O)COC(=O)c2cnn(C)c2C)CC1. The van der Waals surface area contributed by atoms with Crippen LogP contribution in [0.2, 0.25) is 0 Å². The third-order valence-electron chi connectivity index (χ3n) is 4.25. The molecule has 0 aliphatic carbocycles. The van der Waals surface area contributed by atoms with Gasteiger partial charge in [0.05, 0.1) is 18.7 Å². The average molecular weight is 337 g/mol. The molecule has 0 N–H and O–H groups in total. The molecule has 1 aliphatic rings. The molecule has 1 aromatic heterocycles. The first-order valence-electron chi connectivity index (χ1n) is 8.04. The zero-order chi connectivity index (χ0) is 17.7. The maximum atomic E-state index is 12.1. The highest BCUT2D eigenvalue weighted by molar-refractivity contribution is 5.92. The first-order chi connectivity index (χ1) is 11.4. The minimum Gasteiger partial charge on any atom is -0.466 e. The summed E-state index contributed by atoms with van der Waals surface area (Å²) < 4.78 is 11.6. The highest BCUT2D eigenvalue weighted by Crippen LogP contribution is 2.19. The van der Waals surface area contributed by atoms with E-state index in [-0.39, 0.29) is 24.4 Å². The third kappa shape index (κ3) is 4.12. The number of likely N-dealkylation sites (tertiary alicyclic amines) is 1. The number of amides is 1. The molecule has 8 nitrogen and oxygen atoms in total. The van der Waals surface area contributed by atoms with Gasteiger partial charge in [0.2, 0.25) is 0 Å². The summed E-state index contributed by atoms with van der Waals surface area (Å²) in [5.74, 6) is -1.18. The normalized spacial score (nSPS) is 15.2. The lowest BCUT2D eigenvalue weighted by Gasteiger charge is -2.30. The van der Waals surface area contributed by atoms with Gasteiger partial charge < -0.3 is 14.4 Å². The molecule has 0 aromatic carbocycles. The van der Waals surface area contributed by atoms with E-state index >= 15 is 0 Å². The Labute approximate surface area is 140 Å². The summed E-state index contributed by atoms with van der Waals surface area (Å²) >= 11 is 0. The molecule has 1 amide bonds. The number of carbonyl (C=O) groups is 3. The van der Waals surface area contributed by atoms with Crippen molar-refractivity contribution in [2.75, 3.05) is 26.3 Å². The predicted molar refractivity (Wildman–Crippen MR) is 84.2 cm³/mol. The lowest BCUT2D eigenvalue weighted by atomic mass is 9.97. The second kappa shape index (κ2) is 7.94. The van der Waals surface area contributed by atoms with Crippen molar-refractivity contribution in [3.63, 3.8) is 0 Å². The van der Waals surface area contributed by atoms with Gasteiger partial charge in [-0.3, -0.25) is 14.3 Å². The molecule has 2 heterocycles. The van der Waals surface area contributed by atoms with Gasteiger partial charge in [-0.25, -0.2) is 4.79 Å². The number of piperidine rings is 1. The van der Waals surface area contributed by atoms with E-state index in [0.29, 0.717) is 43.8 Å². The molecule has 2 rings (SSSR count). The maximum Gasteiger partial charge on any atom is 0.342 e. The Balaban J connectivity index is 1.79. The fourth-order valence-corrected chi connectivity index (χ4v) is 2.62. The summed E-state index contributed by atoms with van der Waals surface area (Å²) in [6, 6.07) is 0. The summed E-state index contributed by atoms with van der Waals surface area (Å²) in [7, 11) is 1.73. The molecule has 8 heteroatoms. The molecule has 24 heavy (non-hydrogen) atoms. The number of aromatic nitrogens is 2. The third-order valence-corrected chi connectivity index (χ3v) is 4.25. The maximum absolute atomic E-state index is 12.1. The fourth-order valence-electron chi connectivity index (χ4n) is 2.62. The van der Waals surface area contributed by atoms with Crippen LogP contribution in [-0.4, -0.2) is 58.8 Å². The molecular weight excluding hydrogens is 314 g/mol. The number of esters is 2. The van der Waals surface area contributed by atoms with Crippen LogP contribution in [0.25, 0.3) is 0 Å². The molecule has 1 aromatic rings. The molecule has 0 unspecified atom stereocenters. The molecule has 0 radical (unpaired) electrons. The molecule has 1 saturated heterocycles. The van der Waals surface area contributed by atoms with Crippen molar-refractivity contribution in [1.82, 2.24) is 14.7 Å². The quantitative estimate of drug-likeness (QED) is 0.734. The molecule has 1 aliphatic heterocycles. The highest BCUT2D eigenvalue weighted by Gasteiger charge is 2.28. The first-order valence-corrected chi connectivity index (χ1v) is 8.04. The van der Waals surface area contributed by atoms with E-state index in [1.165, 1.54) is 6.20 Å². The van der Waals surface area contributed by atoms with Crippen LogP contribution in [0.5, 0.6) is 0 Å². The van der Waals surface area contributed by atoms with Crippen LogP contribution in [0.4, 0.5) is 0 Å². The summed E-state index contributed by atoms with van der Waals surface area (Å²) in [6.07, 6.45) is 2.56. The van der Waals surface area contributed by atoms with Crippen LogP contribution in [0.1, 0.15) is 35.8 Å². The molecule has 0 saturated carbocycles. The second-order valence-electron chi connectivity index (χ2n) is 5.75. The number of hydrogen-bond acceptors (Lipinski definition) is 6. The van der Waals surface area contributed by atoms with Crippen LogP contribution in [-0.2, 0) is 26.1 Å². The van der Waals surface area contributed by atoms with Gasteiger partial charge in [0, 0.05) is 25.8 Å². The van der Waals surface area contributed by atoms with E-state index in [9.17, 15) is 14.4 Å². The lowest BCUT2D eigenvalue weighted by Crippen LogP contribution is -2.42. The smallest absolute Gasteiger partial charge is 0.342 e. The van der Waals surface area contributed by atoms with Gasteiger partial charge in [-0.15, -0.1) is 0 Å². The number of hydrogen-bond donors (Lipinski definition) is 0. The van der Waals surface area contributed by atoms with Gasteiger partial charge in [-0.05, 0) is 26.7 Å². The van der Waals surface area contributed by atoms with Crippen molar-refractivity contribution in [3.8, 4) is 0 Å². The Morgan fingerprint density at radius 3 is 2.46 bits per heavy atom. The van der Waals surface area contributed by atoms with Crippen LogP contribution in [0.3, 0.4) is 0 Å². The number of carbonyl (C=O) groups excluding carboxylic acids is 3. The fraction of sp³-hybridized carbons (Fsp3) is 0.625. The number of rotatable bonds is 5. The lowest BCUT2D eigenvalue weighted by molar-refractivity contribution is -0.151. The molecular formula is C16H23N3O5. The Bertz CT molecular complexity index is 617. The van der Waals surface area contributed by atoms with Crippen molar-refractivity contribution in [2.24, 2.45) is 13.0 Å². The Morgan fingerprint density at radius 2 is 1.92 bits per heavy atom. The summed E-state index contributed by atoms with van der Waals surface area (Å²) in [4.78, 5) is 37.4. The van der Waals surface area contributed by atoms with Crippen LogP contribution < -0.4 is 0 Å². The van der Waals surface area contributed by atoms with Gasteiger partial charge in [-0.1, -0.05) is 0 Å². The number of ether oxygens (including phenoxy) is 2. The average Bonchev–Trinajstić information content (AvgIpc) is 2.92. The minimum absolute atomic E-state index is 0.158. The van der Waals surface area contributed by atoms with Crippen LogP contribution in [0, 0.1) is 12.8 Å². The largest absolute Gasteiger partial charge is 0.466 e. The molecule has 132 valence electrons. The van der Waals surface area contributed by atoms with E-state index in [2.05, 4.69) is 5.10 Å². The Kier molecular flexibility index (Phi) is 5.94. The molecule has 0 spiro atoms. The topological polar surface area (TPSA) is 90.7 Å². The molecule has 0 atom stereocenters. The predicted octanol–water partition coefficient (Wildman–Crippen LogP) is 0.687. The number of aryl methyl sites for hydroxylation is 1. The van der Waals surface area contributed by atoms with Gasteiger partial charge in [0.25, 0.3) is 5.91 Å². The van der Waals surface area contributed by atoms with Crippen LogP contribution >= 0.6 is 0 Å². The van der Waals surface area contributed by atoms with E-state index in [4.69, 9.17) is 9.47 Å². The van der Waals surface area contributed by atoms with Gasteiger partial charge in [-0.2, -0.15) is 5.10 Å². The van der Waals surface area contributed by atoms with Gasteiger partial charge >= 0.3 is 11.9 Å². The number of nitrogens with zero attached hydrogens (tertiary/aromatic N) is 3. The Hall–Kier alpha value is -2.38. The zero-order valence-corrected chi connectivity index (χ0v) is 14.3. The molecule has 0 bridgehead atoms. The van der Waals surface area contributed by atoms with E-state index < -0.39 is 5.97 Å². The standard InChI is InChI=1S/C16H23N3O5/c1-4-23-15(21)12-5-7-19(8-6-12)14(20)10-24-16(22)13-9-17-18(3)11(13)2/h9,12H,4-8,10H2,1-3H3. The second-order valence-corrected chi connectivity index (χ2v) is 5.75. The Morgan fingerprint density at radius 1 is 1.25 bits per heavy atom. The molecule has 1 fully saturated rings. The first kappa shape index (κ1) is 18.0. The van der Waals surface area contributed by atoms with Crippen molar-refractivity contribution in [3.05, 3.63) is 17.5 Å². The van der Waals surface area contributed by atoms with Crippen LogP contribution in [0.15, 0.2) is 6.20 Å². The monoisotopic (exact) mass is 337 g/mol. The van der Waals surface area contributed by atoms with E-state index in [0.717, 1.165) is 0 Å². The van der Waals surface area contributed by atoms with Crippen molar-refractivity contribution >= 4 is 17.8 Å². The van der Waals surface area contributed by atoms with Crippen molar-refractivity contribution < 1.29 is 23.9 Å². The summed E-state index contributed by atoms with van der Waals surface area (Å²) in [6.45, 7) is 4.51. The van der Waals surface area contributed by atoms with Gasteiger partial charge in [0.15, 0.2) is 6.61 Å². The van der Waals surface area contributed by atoms with Crippen molar-refractivity contribution in [1.29, 1.82) is 0 Å². The summed E-state index contributed by atoms with van der Waals surface area (Å²) in [5, 5.41) is 3.97. The highest BCUT2D eigenvalue weighted by atomic mass is 16.5. The summed E-state index contributed by atoms with van der Waals surface area (Å²) in [5.41, 5.74) is 1.04. The van der Waals surface area contributed by atoms with Gasteiger partial charge in [0.1, 0.15) is 5.56 Å². The minimum atomic E-state index is -0.560. The van der Waals surface area contributed by atoms with Crippen molar-refractivity contribution in [2.45, 2.75) is 26.7 Å².